The van der Waals surface area contributed by atoms with Gasteiger partial charge in [0.1, 0.15) is 35.5 Å². The third-order valence-electron chi connectivity index (χ3n) is 9.47. The van der Waals surface area contributed by atoms with Crippen LogP contribution in [0.5, 0.6) is 5.88 Å². The van der Waals surface area contributed by atoms with Crippen molar-refractivity contribution in [3.05, 3.63) is 29.7 Å². The average molecular weight is 583 g/mol. The van der Waals surface area contributed by atoms with Gasteiger partial charge in [0, 0.05) is 12.0 Å². The Kier molecular flexibility index (Phi) is 8.45. The number of halogens is 1. The Balaban J connectivity index is 1.52. The van der Waals surface area contributed by atoms with Crippen LogP contribution in [0.4, 0.5) is 9.18 Å². The van der Waals surface area contributed by atoms with Gasteiger partial charge in [-0.25, -0.2) is 19.2 Å². The zero-order chi connectivity index (χ0) is 30.2. The molecule has 0 unspecified atom stereocenters. The molecule has 0 radical (unpaired) electrons. The molecular formula is C32H43FN4O5. The van der Waals surface area contributed by atoms with Crippen LogP contribution in [0.2, 0.25) is 0 Å². The average Bonchev–Trinajstić information content (AvgIpc) is 3.44. The zero-order valence-corrected chi connectivity index (χ0v) is 25.3. The number of amides is 2. The fourth-order valence-corrected chi connectivity index (χ4v) is 6.84. The molecular weight excluding hydrogens is 539 g/mol. The van der Waals surface area contributed by atoms with Crippen LogP contribution < -0.4 is 10.1 Å². The van der Waals surface area contributed by atoms with Gasteiger partial charge >= 0.3 is 6.09 Å². The van der Waals surface area contributed by atoms with E-state index in [9.17, 15) is 18.8 Å². The first-order valence-corrected chi connectivity index (χ1v) is 15.3. The number of hydrogen-bond acceptors (Lipinski definition) is 7. The van der Waals surface area contributed by atoms with Gasteiger partial charge in [-0.05, 0) is 68.9 Å². The molecule has 2 fully saturated rings. The van der Waals surface area contributed by atoms with Gasteiger partial charge in [0.05, 0.1) is 23.6 Å². The van der Waals surface area contributed by atoms with Crippen LogP contribution in [-0.4, -0.2) is 63.5 Å². The lowest BCUT2D eigenvalue weighted by Crippen LogP contribution is -2.57. The predicted molar refractivity (Wildman–Crippen MR) is 155 cm³/mol. The van der Waals surface area contributed by atoms with E-state index in [0.717, 1.165) is 51.2 Å². The first-order chi connectivity index (χ1) is 19.9. The number of fused-ring (bicyclic) bond motifs is 5. The van der Waals surface area contributed by atoms with Crippen molar-refractivity contribution in [2.45, 2.75) is 110 Å². The van der Waals surface area contributed by atoms with Crippen molar-refractivity contribution in [3.8, 4) is 5.88 Å². The molecule has 10 heteroatoms. The smallest absolute Gasteiger partial charge is 0.408 e. The van der Waals surface area contributed by atoms with Crippen molar-refractivity contribution in [2.75, 3.05) is 6.54 Å². The summed E-state index contributed by atoms with van der Waals surface area (Å²) in [6.07, 6.45) is 6.73. The van der Waals surface area contributed by atoms with Crippen LogP contribution >= 0.6 is 0 Å². The van der Waals surface area contributed by atoms with Gasteiger partial charge in [-0.15, -0.1) is 0 Å². The molecule has 1 N–H and O–H groups in total. The summed E-state index contributed by atoms with van der Waals surface area (Å²) in [6.45, 7) is 9.63. The summed E-state index contributed by atoms with van der Waals surface area (Å²) < 4.78 is 26.5. The second kappa shape index (κ2) is 11.8. The minimum absolute atomic E-state index is 0.134. The number of alkyl carbamates (subject to hydrolysis) is 1. The highest BCUT2D eigenvalue weighted by Crippen LogP contribution is 2.42. The predicted octanol–water partition coefficient (Wildman–Crippen LogP) is 5.38. The maximum absolute atomic E-state index is 14.1. The number of carbonyl (C=O) groups is 3. The van der Waals surface area contributed by atoms with Crippen LogP contribution in [-0.2, 0) is 20.7 Å². The van der Waals surface area contributed by atoms with Crippen molar-refractivity contribution >= 4 is 29.3 Å². The number of rotatable bonds is 1. The second-order valence-corrected chi connectivity index (χ2v) is 13.6. The highest BCUT2D eigenvalue weighted by molar-refractivity contribution is 5.89. The van der Waals surface area contributed by atoms with Crippen LogP contribution in [0.3, 0.4) is 0 Å². The monoisotopic (exact) mass is 582 g/mol. The SMILES string of the molecule is C[C@@H]1[C@@H]2CN(C(=O)[C@H](C(C)(C)C)NC(=O)O[C@]3(C)CCC[C@H]3CCCCCc3nc4ccc(F)cc4nc3O2)[C@@H]1C=O. The summed E-state index contributed by atoms with van der Waals surface area (Å²) >= 11 is 0. The number of nitrogens with one attached hydrogen (secondary N) is 1. The third-order valence-corrected chi connectivity index (χ3v) is 9.47. The lowest BCUT2D eigenvalue weighted by Gasteiger charge is -2.37. The lowest BCUT2D eigenvalue weighted by molar-refractivity contribution is -0.139. The van der Waals surface area contributed by atoms with E-state index in [0.29, 0.717) is 29.0 Å². The van der Waals surface area contributed by atoms with E-state index < -0.39 is 41.1 Å². The summed E-state index contributed by atoms with van der Waals surface area (Å²) in [7, 11) is 0. The molecule has 1 saturated carbocycles. The number of hydrogen-bond donors (Lipinski definition) is 1. The molecule has 2 bridgehead atoms. The van der Waals surface area contributed by atoms with E-state index >= 15 is 0 Å². The molecule has 0 spiro atoms. The quantitative estimate of drug-likeness (QED) is 0.450. The molecule has 2 amide bonds. The van der Waals surface area contributed by atoms with Gasteiger partial charge in [-0.3, -0.25) is 4.79 Å². The van der Waals surface area contributed by atoms with Gasteiger partial charge in [-0.2, -0.15) is 0 Å². The third kappa shape index (κ3) is 6.08. The van der Waals surface area contributed by atoms with Crippen molar-refractivity contribution in [3.63, 3.8) is 0 Å². The first-order valence-electron chi connectivity index (χ1n) is 15.3. The van der Waals surface area contributed by atoms with Crippen molar-refractivity contribution in [1.29, 1.82) is 0 Å². The lowest BCUT2D eigenvalue weighted by atomic mass is 9.85. The molecule has 42 heavy (non-hydrogen) atoms. The number of aromatic nitrogens is 2. The number of carbonyl (C=O) groups excluding carboxylic acids is 3. The van der Waals surface area contributed by atoms with E-state index in [1.165, 1.54) is 17.0 Å². The van der Waals surface area contributed by atoms with E-state index in [1.807, 2.05) is 34.6 Å². The molecule has 5 rings (SSSR count). The van der Waals surface area contributed by atoms with Crippen LogP contribution in [0, 0.1) is 23.1 Å². The number of benzene rings is 1. The highest BCUT2D eigenvalue weighted by atomic mass is 19.1. The van der Waals surface area contributed by atoms with Crippen molar-refractivity contribution in [2.24, 2.45) is 17.3 Å². The van der Waals surface area contributed by atoms with Crippen LogP contribution in [0.1, 0.15) is 85.3 Å². The largest absolute Gasteiger partial charge is 0.471 e. The molecule has 1 aromatic carbocycles. The summed E-state index contributed by atoms with van der Waals surface area (Å²) in [5, 5.41) is 2.87. The Morgan fingerprint density at radius 1 is 1.10 bits per heavy atom. The number of aldehydes is 1. The van der Waals surface area contributed by atoms with Gasteiger partial charge < -0.3 is 24.5 Å². The molecule has 3 heterocycles. The Hall–Kier alpha value is -3.30. The summed E-state index contributed by atoms with van der Waals surface area (Å²) in [6, 6.07) is 2.65. The normalized spacial score (nSPS) is 31.3. The molecule has 6 atom stereocenters. The topological polar surface area (TPSA) is 111 Å². The molecule has 9 nitrogen and oxygen atoms in total. The Morgan fingerprint density at radius 3 is 2.60 bits per heavy atom. The molecule has 1 aliphatic carbocycles. The summed E-state index contributed by atoms with van der Waals surface area (Å²) in [5.41, 5.74) is 0.412. The molecule has 2 aliphatic heterocycles. The van der Waals surface area contributed by atoms with Crippen molar-refractivity contribution in [1.82, 2.24) is 20.2 Å². The van der Waals surface area contributed by atoms with E-state index in [-0.39, 0.29) is 24.3 Å². The van der Waals surface area contributed by atoms with Gasteiger partial charge in [0.25, 0.3) is 0 Å². The van der Waals surface area contributed by atoms with E-state index in [4.69, 9.17) is 14.5 Å². The zero-order valence-electron chi connectivity index (χ0n) is 25.3. The molecule has 2 aromatic rings. The molecule has 1 saturated heterocycles. The van der Waals surface area contributed by atoms with E-state index in [2.05, 4.69) is 10.3 Å². The van der Waals surface area contributed by atoms with E-state index in [1.54, 1.807) is 6.07 Å². The van der Waals surface area contributed by atoms with Crippen molar-refractivity contribution < 1.29 is 28.2 Å². The summed E-state index contributed by atoms with van der Waals surface area (Å²) in [4.78, 5) is 50.6. The molecule has 1 aromatic heterocycles. The molecule has 228 valence electrons. The number of nitrogens with zero attached hydrogens (tertiary/aromatic N) is 3. The summed E-state index contributed by atoms with van der Waals surface area (Å²) in [5.74, 6) is -0.586. The molecule has 3 aliphatic rings. The maximum atomic E-state index is 14.1. The van der Waals surface area contributed by atoms with Crippen LogP contribution in [0.25, 0.3) is 11.0 Å². The minimum atomic E-state index is -0.917. The number of aryl methyl sites for hydroxylation is 1. The minimum Gasteiger partial charge on any atom is -0.471 e. The first kappa shape index (κ1) is 30.2. The highest BCUT2D eigenvalue weighted by Gasteiger charge is 2.48. The van der Waals surface area contributed by atoms with Crippen LogP contribution in [0.15, 0.2) is 18.2 Å². The Labute approximate surface area is 246 Å². The standard InChI is InChI=1S/C32H43FN4O5/c1-19-25(18-38)37-17-26(19)41-28-23(34-22-14-13-21(33)16-24(22)35-28)12-8-6-7-10-20-11-9-15-32(20,5)42-30(40)36-27(29(37)39)31(2,3)4/h13-14,16,18-20,25-27H,6-12,15,17H2,1-5H3,(H,36,40)/t19-,20+,25+,26-,27+,32+/m0/s1. The Bertz CT molecular complexity index is 1350. The van der Waals surface area contributed by atoms with Gasteiger partial charge in [0.2, 0.25) is 11.8 Å². The fraction of sp³-hybridized carbons (Fsp3) is 0.656. The maximum Gasteiger partial charge on any atom is 0.408 e. The Morgan fingerprint density at radius 2 is 1.86 bits per heavy atom. The second-order valence-electron chi connectivity index (χ2n) is 13.6. The van der Waals surface area contributed by atoms with Gasteiger partial charge in [-0.1, -0.05) is 40.5 Å². The fourth-order valence-electron chi connectivity index (χ4n) is 6.84. The number of ether oxygens (including phenoxy) is 2. The van der Waals surface area contributed by atoms with Gasteiger partial charge in [0.15, 0.2) is 0 Å².